The van der Waals surface area contributed by atoms with E-state index in [0.717, 1.165) is 5.56 Å². The van der Waals surface area contributed by atoms with Crippen LogP contribution in [0.4, 0.5) is 4.39 Å². The predicted molar refractivity (Wildman–Crippen MR) is 72.1 cm³/mol. The highest BCUT2D eigenvalue weighted by molar-refractivity contribution is 5.94. The minimum atomic E-state index is -0.504. The molecule has 0 spiro atoms. The Kier molecular flexibility index (Phi) is 5.50. The Balaban J connectivity index is 2.94. The van der Waals surface area contributed by atoms with Crippen LogP contribution in [0, 0.1) is 30.0 Å². The summed E-state index contributed by atoms with van der Waals surface area (Å²) in [6, 6.07) is 6.59. The standard InChI is InChI=1S/C15H19FN2O/c1-11(2)10-18(8-4-7-17)15(19)13-6-5-12(3)9-14(13)16/h5-6,9,11H,4,8,10H2,1-3H3. The van der Waals surface area contributed by atoms with E-state index in [9.17, 15) is 9.18 Å². The molecule has 19 heavy (non-hydrogen) atoms. The van der Waals surface area contributed by atoms with Crippen molar-refractivity contribution in [2.75, 3.05) is 13.1 Å². The number of nitrogens with zero attached hydrogens (tertiary/aromatic N) is 2. The van der Waals surface area contributed by atoms with Crippen molar-refractivity contribution in [3.8, 4) is 6.07 Å². The van der Waals surface area contributed by atoms with Gasteiger partial charge in [-0.05, 0) is 30.5 Å². The van der Waals surface area contributed by atoms with E-state index in [4.69, 9.17) is 5.26 Å². The topological polar surface area (TPSA) is 44.1 Å². The largest absolute Gasteiger partial charge is 0.337 e. The number of halogens is 1. The highest BCUT2D eigenvalue weighted by Crippen LogP contribution is 2.14. The first-order valence-corrected chi connectivity index (χ1v) is 6.38. The van der Waals surface area contributed by atoms with E-state index in [0.29, 0.717) is 13.1 Å². The zero-order chi connectivity index (χ0) is 14.4. The fourth-order valence-corrected chi connectivity index (χ4v) is 1.87. The predicted octanol–water partition coefficient (Wildman–Crippen LogP) is 3.15. The summed E-state index contributed by atoms with van der Waals surface area (Å²) in [5.74, 6) is -0.576. The van der Waals surface area contributed by atoms with E-state index < -0.39 is 5.82 Å². The molecule has 0 aliphatic rings. The third-order valence-electron chi connectivity index (χ3n) is 2.72. The van der Waals surface area contributed by atoms with Gasteiger partial charge < -0.3 is 4.90 Å². The number of hydrogen-bond acceptors (Lipinski definition) is 2. The van der Waals surface area contributed by atoms with Crippen molar-refractivity contribution in [2.24, 2.45) is 5.92 Å². The van der Waals surface area contributed by atoms with Crippen LogP contribution in [0.5, 0.6) is 0 Å². The van der Waals surface area contributed by atoms with Crippen LogP contribution in [0.2, 0.25) is 0 Å². The quantitative estimate of drug-likeness (QED) is 0.818. The Bertz CT molecular complexity index is 491. The summed E-state index contributed by atoms with van der Waals surface area (Å²) in [5, 5.41) is 8.63. The minimum absolute atomic E-state index is 0.0733. The summed E-state index contributed by atoms with van der Waals surface area (Å²) in [6.45, 7) is 6.60. The fourth-order valence-electron chi connectivity index (χ4n) is 1.87. The van der Waals surface area contributed by atoms with Crippen LogP contribution < -0.4 is 0 Å². The molecule has 0 N–H and O–H groups in total. The number of benzene rings is 1. The van der Waals surface area contributed by atoms with Gasteiger partial charge in [0, 0.05) is 13.1 Å². The van der Waals surface area contributed by atoms with Gasteiger partial charge in [-0.15, -0.1) is 0 Å². The number of carbonyl (C=O) groups is 1. The Morgan fingerprint density at radius 1 is 1.47 bits per heavy atom. The zero-order valence-electron chi connectivity index (χ0n) is 11.6. The molecule has 0 aromatic heterocycles. The Labute approximate surface area is 113 Å². The van der Waals surface area contributed by atoms with Crippen LogP contribution in [0.1, 0.15) is 36.2 Å². The summed E-state index contributed by atoms with van der Waals surface area (Å²) >= 11 is 0. The normalized spacial score (nSPS) is 10.3. The first-order valence-electron chi connectivity index (χ1n) is 6.38. The lowest BCUT2D eigenvalue weighted by atomic mass is 10.1. The van der Waals surface area contributed by atoms with Gasteiger partial charge >= 0.3 is 0 Å². The number of rotatable bonds is 5. The smallest absolute Gasteiger partial charge is 0.256 e. The molecule has 0 atom stereocenters. The molecule has 1 aromatic carbocycles. The monoisotopic (exact) mass is 262 g/mol. The molecule has 0 aliphatic carbocycles. The van der Waals surface area contributed by atoms with Crippen molar-refractivity contribution in [3.05, 3.63) is 35.1 Å². The summed E-state index contributed by atoms with van der Waals surface area (Å²) in [4.78, 5) is 13.8. The van der Waals surface area contributed by atoms with Crippen LogP contribution in [0.3, 0.4) is 0 Å². The van der Waals surface area contributed by atoms with Crippen LogP contribution in [0.25, 0.3) is 0 Å². The SMILES string of the molecule is Cc1ccc(C(=O)N(CCC#N)CC(C)C)c(F)c1. The molecule has 0 fully saturated rings. The Hall–Kier alpha value is -1.89. The van der Waals surface area contributed by atoms with Crippen molar-refractivity contribution in [3.63, 3.8) is 0 Å². The number of hydrogen-bond donors (Lipinski definition) is 0. The van der Waals surface area contributed by atoms with E-state index in [1.165, 1.54) is 12.1 Å². The van der Waals surface area contributed by atoms with Crippen molar-refractivity contribution in [1.29, 1.82) is 5.26 Å². The van der Waals surface area contributed by atoms with E-state index in [1.807, 2.05) is 19.9 Å². The molecule has 1 aromatic rings. The molecule has 1 amide bonds. The van der Waals surface area contributed by atoms with Crippen molar-refractivity contribution in [2.45, 2.75) is 27.2 Å². The maximum absolute atomic E-state index is 13.8. The van der Waals surface area contributed by atoms with Gasteiger partial charge in [0.2, 0.25) is 0 Å². The fraction of sp³-hybridized carbons (Fsp3) is 0.467. The molecule has 0 bridgehead atoms. The third-order valence-corrected chi connectivity index (χ3v) is 2.72. The highest BCUT2D eigenvalue weighted by Gasteiger charge is 2.19. The molecule has 0 heterocycles. The molecule has 1 rings (SSSR count). The first-order chi connectivity index (χ1) is 8.95. The van der Waals surface area contributed by atoms with Gasteiger partial charge in [-0.2, -0.15) is 5.26 Å². The van der Waals surface area contributed by atoms with Gasteiger partial charge in [0.1, 0.15) is 5.82 Å². The second kappa shape index (κ2) is 6.89. The van der Waals surface area contributed by atoms with Gasteiger partial charge in [-0.25, -0.2) is 4.39 Å². The highest BCUT2D eigenvalue weighted by atomic mass is 19.1. The molecule has 3 nitrogen and oxygen atoms in total. The lowest BCUT2D eigenvalue weighted by Gasteiger charge is -2.24. The molecule has 0 radical (unpaired) electrons. The molecule has 0 unspecified atom stereocenters. The Morgan fingerprint density at radius 2 is 2.16 bits per heavy atom. The van der Waals surface area contributed by atoms with E-state index >= 15 is 0 Å². The van der Waals surface area contributed by atoms with Crippen LogP contribution in [0.15, 0.2) is 18.2 Å². The maximum Gasteiger partial charge on any atom is 0.256 e. The molecule has 0 saturated heterocycles. The first kappa shape index (κ1) is 15.2. The lowest BCUT2D eigenvalue weighted by molar-refractivity contribution is 0.0735. The molecule has 0 aliphatic heterocycles. The summed E-state index contributed by atoms with van der Waals surface area (Å²) < 4.78 is 13.8. The molecule has 102 valence electrons. The lowest BCUT2D eigenvalue weighted by Crippen LogP contribution is -2.35. The van der Waals surface area contributed by atoms with Gasteiger partial charge in [0.15, 0.2) is 0 Å². The van der Waals surface area contributed by atoms with Crippen molar-refractivity contribution in [1.82, 2.24) is 4.90 Å². The number of nitriles is 1. The van der Waals surface area contributed by atoms with E-state index in [1.54, 1.807) is 17.9 Å². The average molecular weight is 262 g/mol. The van der Waals surface area contributed by atoms with Crippen molar-refractivity contribution < 1.29 is 9.18 Å². The molecule has 0 saturated carbocycles. The van der Waals surface area contributed by atoms with Gasteiger partial charge in [0.25, 0.3) is 5.91 Å². The van der Waals surface area contributed by atoms with Crippen molar-refractivity contribution >= 4 is 5.91 Å². The number of amides is 1. The Morgan fingerprint density at radius 3 is 2.68 bits per heavy atom. The van der Waals surface area contributed by atoms with Crippen LogP contribution in [-0.2, 0) is 0 Å². The molecule has 4 heteroatoms. The number of aryl methyl sites for hydroxylation is 1. The second-order valence-corrected chi connectivity index (χ2v) is 5.04. The van der Waals surface area contributed by atoms with Crippen LogP contribution >= 0.6 is 0 Å². The summed E-state index contributed by atoms with van der Waals surface area (Å²) in [7, 11) is 0. The summed E-state index contributed by atoms with van der Waals surface area (Å²) in [6.07, 6.45) is 0.256. The van der Waals surface area contributed by atoms with E-state index in [2.05, 4.69) is 0 Å². The average Bonchev–Trinajstić information content (AvgIpc) is 2.33. The minimum Gasteiger partial charge on any atom is -0.337 e. The van der Waals surface area contributed by atoms with Gasteiger partial charge in [-0.3, -0.25) is 4.79 Å². The van der Waals surface area contributed by atoms with E-state index in [-0.39, 0.29) is 23.8 Å². The molecular formula is C15H19FN2O. The van der Waals surface area contributed by atoms with Gasteiger partial charge in [-0.1, -0.05) is 19.9 Å². The summed E-state index contributed by atoms with van der Waals surface area (Å²) in [5.41, 5.74) is 0.852. The maximum atomic E-state index is 13.8. The third kappa shape index (κ3) is 4.36. The second-order valence-electron chi connectivity index (χ2n) is 5.04. The zero-order valence-corrected chi connectivity index (χ0v) is 11.6. The number of carbonyl (C=O) groups excluding carboxylic acids is 1. The van der Waals surface area contributed by atoms with Crippen LogP contribution in [-0.4, -0.2) is 23.9 Å². The van der Waals surface area contributed by atoms with Gasteiger partial charge in [0.05, 0.1) is 18.1 Å². The molecular weight excluding hydrogens is 243 g/mol.